The van der Waals surface area contributed by atoms with Gasteiger partial charge in [0.2, 0.25) is 5.91 Å². The lowest BCUT2D eigenvalue weighted by atomic mass is 10.1. The van der Waals surface area contributed by atoms with E-state index in [-0.39, 0.29) is 5.91 Å². The van der Waals surface area contributed by atoms with Gasteiger partial charge in [-0.2, -0.15) is 0 Å². The van der Waals surface area contributed by atoms with E-state index in [0.29, 0.717) is 6.42 Å². The summed E-state index contributed by atoms with van der Waals surface area (Å²) in [4.78, 5) is 10.9. The SMILES string of the molecule is CC(C)C/C=C\C=C1\CCC(=O)NC1. The van der Waals surface area contributed by atoms with Gasteiger partial charge in [0, 0.05) is 13.0 Å². The number of amides is 1. The fourth-order valence-electron chi connectivity index (χ4n) is 1.36. The van der Waals surface area contributed by atoms with Crippen molar-refractivity contribution < 1.29 is 4.79 Å². The van der Waals surface area contributed by atoms with Gasteiger partial charge in [0.05, 0.1) is 0 Å². The summed E-state index contributed by atoms with van der Waals surface area (Å²) in [5.74, 6) is 0.893. The molecule has 2 nitrogen and oxygen atoms in total. The van der Waals surface area contributed by atoms with Crippen LogP contribution in [0.15, 0.2) is 23.8 Å². The molecule has 0 radical (unpaired) electrons. The standard InChI is InChI=1S/C12H19NO/c1-10(2)5-3-4-6-11-7-8-12(14)13-9-11/h3-4,6,10H,5,7-9H2,1-2H3,(H,13,14)/b4-3-,11-6-. The molecule has 14 heavy (non-hydrogen) atoms. The van der Waals surface area contributed by atoms with E-state index in [1.807, 2.05) is 0 Å². The van der Waals surface area contributed by atoms with Gasteiger partial charge >= 0.3 is 0 Å². The molecule has 78 valence electrons. The number of hydrogen-bond donors (Lipinski definition) is 1. The Labute approximate surface area is 86.1 Å². The van der Waals surface area contributed by atoms with E-state index in [0.717, 1.165) is 25.3 Å². The molecule has 1 amide bonds. The van der Waals surface area contributed by atoms with Crippen LogP contribution in [0.2, 0.25) is 0 Å². The highest BCUT2D eigenvalue weighted by molar-refractivity contribution is 5.77. The van der Waals surface area contributed by atoms with Gasteiger partial charge in [0.15, 0.2) is 0 Å². The predicted octanol–water partition coefficient (Wildman–Crippen LogP) is 2.43. The minimum atomic E-state index is 0.174. The maximum absolute atomic E-state index is 10.9. The third-order valence-corrected chi connectivity index (χ3v) is 2.26. The van der Waals surface area contributed by atoms with Crippen LogP contribution in [0.1, 0.15) is 33.1 Å². The summed E-state index contributed by atoms with van der Waals surface area (Å²) >= 11 is 0. The molecule has 0 aromatic carbocycles. The lowest BCUT2D eigenvalue weighted by Crippen LogP contribution is -2.30. The first-order chi connectivity index (χ1) is 6.68. The zero-order chi connectivity index (χ0) is 10.4. The van der Waals surface area contributed by atoms with Crippen molar-refractivity contribution in [3.63, 3.8) is 0 Å². The molecule has 0 aromatic heterocycles. The van der Waals surface area contributed by atoms with E-state index >= 15 is 0 Å². The summed E-state index contributed by atoms with van der Waals surface area (Å²) in [7, 11) is 0. The summed E-state index contributed by atoms with van der Waals surface area (Å²) in [6.45, 7) is 5.14. The van der Waals surface area contributed by atoms with Gasteiger partial charge in [-0.3, -0.25) is 4.79 Å². The summed E-state index contributed by atoms with van der Waals surface area (Å²) in [6, 6.07) is 0. The number of carbonyl (C=O) groups excluding carboxylic acids is 1. The molecular weight excluding hydrogens is 174 g/mol. The average Bonchev–Trinajstić information content (AvgIpc) is 2.15. The molecule has 0 atom stereocenters. The van der Waals surface area contributed by atoms with E-state index in [9.17, 15) is 4.79 Å². The zero-order valence-corrected chi connectivity index (χ0v) is 9.05. The first kappa shape index (κ1) is 11.0. The smallest absolute Gasteiger partial charge is 0.220 e. The second-order valence-electron chi connectivity index (χ2n) is 4.16. The molecule has 1 aliphatic heterocycles. The molecule has 0 unspecified atom stereocenters. The van der Waals surface area contributed by atoms with Crippen molar-refractivity contribution in [1.29, 1.82) is 0 Å². The average molecular weight is 193 g/mol. The predicted molar refractivity (Wildman–Crippen MR) is 58.9 cm³/mol. The van der Waals surface area contributed by atoms with Crippen LogP contribution in [-0.2, 0) is 4.79 Å². The Morgan fingerprint density at radius 3 is 2.79 bits per heavy atom. The van der Waals surface area contributed by atoms with Gasteiger partial charge in [0.25, 0.3) is 0 Å². The lowest BCUT2D eigenvalue weighted by molar-refractivity contribution is -0.121. The Balaban J connectivity index is 2.30. The molecule has 1 N–H and O–H groups in total. The second kappa shape index (κ2) is 5.63. The van der Waals surface area contributed by atoms with Crippen LogP contribution in [-0.4, -0.2) is 12.5 Å². The van der Waals surface area contributed by atoms with E-state index < -0.39 is 0 Å². The highest BCUT2D eigenvalue weighted by Gasteiger charge is 2.09. The molecule has 1 aliphatic rings. The highest BCUT2D eigenvalue weighted by Crippen LogP contribution is 2.09. The van der Waals surface area contributed by atoms with Crippen molar-refractivity contribution in [2.24, 2.45) is 5.92 Å². The van der Waals surface area contributed by atoms with Gasteiger partial charge in [0.1, 0.15) is 0 Å². The van der Waals surface area contributed by atoms with Crippen molar-refractivity contribution >= 4 is 5.91 Å². The number of allylic oxidation sites excluding steroid dienone is 3. The fourth-order valence-corrected chi connectivity index (χ4v) is 1.36. The molecule has 1 rings (SSSR count). The minimum Gasteiger partial charge on any atom is -0.352 e. The van der Waals surface area contributed by atoms with E-state index in [2.05, 4.69) is 37.4 Å². The third-order valence-electron chi connectivity index (χ3n) is 2.26. The summed E-state index contributed by atoms with van der Waals surface area (Å²) in [5.41, 5.74) is 1.32. The van der Waals surface area contributed by atoms with Gasteiger partial charge in [-0.25, -0.2) is 0 Å². The van der Waals surface area contributed by atoms with Gasteiger partial charge in [-0.1, -0.05) is 37.6 Å². The Kier molecular flexibility index (Phi) is 4.44. The number of piperidine rings is 1. The van der Waals surface area contributed by atoms with Crippen molar-refractivity contribution in [1.82, 2.24) is 5.32 Å². The van der Waals surface area contributed by atoms with E-state index in [1.165, 1.54) is 5.57 Å². The largest absolute Gasteiger partial charge is 0.352 e. The molecule has 0 aromatic rings. The summed E-state index contributed by atoms with van der Waals surface area (Å²) < 4.78 is 0. The molecule has 0 aliphatic carbocycles. The molecule has 1 heterocycles. The number of carbonyl (C=O) groups is 1. The first-order valence-corrected chi connectivity index (χ1v) is 5.29. The third kappa shape index (κ3) is 4.26. The van der Waals surface area contributed by atoms with Crippen LogP contribution >= 0.6 is 0 Å². The molecule has 0 spiro atoms. The van der Waals surface area contributed by atoms with Crippen LogP contribution in [0.5, 0.6) is 0 Å². The Morgan fingerprint density at radius 2 is 2.21 bits per heavy atom. The Morgan fingerprint density at radius 1 is 1.43 bits per heavy atom. The monoisotopic (exact) mass is 193 g/mol. The highest BCUT2D eigenvalue weighted by atomic mass is 16.1. The van der Waals surface area contributed by atoms with Crippen molar-refractivity contribution in [2.75, 3.05) is 6.54 Å². The van der Waals surface area contributed by atoms with Crippen LogP contribution < -0.4 is 5.32 Å². The van der Waals surface area contributed by atoms with Gasteiger partial charge < -0.3 is 5.32 Å². The fraction of sp³-hybridized carbons (Fsp3) is 0.583. The topological polar surface area (TPSA) is 29.1 Å². The number of hydrogen-bond acceptors (Lipinski definition) is 1. The lowest BCUT2D eigenvalue weighted by Gasteiger charge is -2.14. The molecule has 0 saturated carbocycles. The van der Waals surface area contributed by atoms with Crippen LogP contribution in [0.25, 0.3) is 0 Å². The Hall–Kier alpha value is -1.05. The zero-order valence-electron chi connectivity index (χ0n) is 9.05. The van der Waals surface area contributed by atoms with Gasteiger partial charge in [-0.05, 0) is 18.8 Å². The molecule has 1 fully saturated rings. The van der Waals surface area contributed by atoms with E-state index in [4.69, 9.17) is 0 Å². The quantitative estimate of drug-likeness (QED) is 0.732. The normalized spacial score (nSPS) is 20.8. The Bertz CT molecular complexity index is 239. The van der Waals surface area contributed by atoms with Crippen molar-refractivity contribution in [3.05, 3.63) is 23.8 Å². The van der Waals surface area contributed by atoms with Crippen LogP contribution in [0.3, 0.4) is 0 Å². The van der Waals surface area contributed by atoms with Gasteiger partial charge in [-0.15, -0.1) is 0 Å². The second-order valence-corrected chi connectivity index (χ2v) is 4.16. The summed E-state index contributed by atoms with van der Waals surface area (Å²) in [6.07, 6.45) is 9.10. The maximum atomic E-state index is 10.9. The molecule has 1 saturated heterocycles. The van der Waals surface area contributed by atoms with Crippen molar-refractivity contribution in [3.8, 4) is 0 Å². The maximum Gasteiger partial charge on any atom is 0.220 e. The summed E-state index contributed by atoms with van der Waals surface area (Å²) in [5, 5.41) is 2.84. The van der Waals surface area contributed by atoms with E-state index in [1.54, 1.807) is 0 Å². The minimum absolute atomic E-state index is 0.174. The molecule has 0 bridgehead atoms. The van der Waals surface area contributed by atoms with Crippen LogP contribution in [0.4, 0.5) is 0 Å². The van der Waals surface area contributed by atoms with Crippen molar-refractivity contribution in [2.45, 2.75) is 33.1 Å². The molecular formula is C12H19NO. The number of rotatable bonds is 3. The molecule has 2 heteroatoms. The van der Waals surface area contributed by atoms with Crippen LogP contribution in [0, 0.1) is 5.92 Å². The first-order valence-electron chi connectivity index (χ1n) is 5.29. The number of nitrogens with one attached hydrogen (secondary N) is 1.